The lowest BCUT2D eigenvalue weighted by molar-refractivity contribution is -0.129. The molecule has 9 nitrogen and oxygen atoms in total. The molecule has 0 spiro atoms. The fraction of sp³-hybridized carbons (Fsp3) is 0.983. The molecule has 0 aliphatic heterocycles. The second-order valence-corrected chi connectivity index (χ2v) is 43.5. The zero-order valence-corrected chi connectivity index (χ0v) is 92.4. The van der Waals surface area contributed by atoms with Gasteiger partial charge >= 0.3 is 0 Å². The normalized spacial score (nSPS) is 12.4. The number of aliphatic hydroxyl groups is 4. The van der Waals surface area contributed by atoms with Crippen LogP contribution < -0.4 is 0 Å². The molecule has 0 aliphatic rings. The Labute approximate surface area is 830 Å². The van der Waals surface area contributed by atoms with E-state index in [1.807, 2.05) is 23.5 Å². The molecule has 0 aromatic carbocycles. The van der Waals surface area contributed by atoms with Gasteiger partial charge in [-0.05, 0) is 94.3 Å². The first-order valence-electron chi connectivity index (χ1n) is 59.3. The van der Waals surface area contributed by atoms with Gasteiger partial charge in [-0.1, -0.05) is 543 Å². The maximum Gasteiger partial charge on any atom is 0.138 e. The number of ether oxygens (including phenoxy) is 3. The summed E-state index contributed by atoms with van der Waals surface area (Å²) in [6.45, 7) is 21.5. The van der Waals surface area contributed by atoms with Crippen LogP contribution in [-0.4, -0.2) is 131 Å². The van der Waals surface area contributed by atoms with Gasteiger partial charge in [-0.25, -0.2) is 0 Å². The summed E-state index contributed by atoms with van der Waals surface area (Å²) in [5.41, 5.74) is 0. The van der Waals surface area contributed by atoms with Gasteiger partial charge in [0.15, 0.2) is 0 Å². The molecule has 0 aromatic rings. The van der Waals surface area contributed by atoms with Crippen molar-refractivity contribution in [3.8, 4) is 0 Å². The third-order valence-electron chi connectivity index (χ3n) is 26.7. The van der Waals surface area contributed by atoms with E-state index in [-0.39, 0.29) is 50.0 Å². The quantitative estimate of drug-likeness (QED) is 0.0431. The van der Waals surface area contributed by atoms with E-state index in [1.165, 1.54) is 531 Å². The topological polar surface area (TPSA) is 143 Å². The van der Waals surface area contributed by atoms with Crippen LogP contribution in [0.5, 0.6) is 0 Å². The Morgan fingerprint density at radius 1 is 0.208 bits per heavy atom. The summed E-state index contributed by atoms with van der Waals surface area (Å²) >= 11 is 6.11. The molecule has 0 fully saturated rings. The van der Waals surface area contributed by atoms with E-state index in [2.05, 4.69) is 67.2 Å². The minimum Gasteiger partial charge on any atom is -0.396 e. The maximum absolute atomic E-state index is 12.5. The summed E-state index contributed by atoms with van der Waals surface area (Å²) in [6.07, 6.45) is 120. The lowest BCUT2D eigenvalue weighted by Gasteiger charge is -2.17. The Morgan fingerprint density at radius 3 is 0.592 bits per heavy atom. The van der Waals surface area contributed by atoms with Crippen molar-refractivity contribution in [2.75, 3.05) is 80.8 Å². The Hall–Kier alpha value is 0.110. The van der Waals surface area contributed by atoms with E-state index in [0.29, 0.717) is 25.6 Å². The van der Waals surface area contributed by atoms with Crippen molar-refractivity contribution < 1.29 is 44.2 Å². The summed E-state index contributed by atoms with van der Waals surface area (Å²) in [5.74, 6) is 6.76. The van der Waals surface area contributed by atoms with Crippen molar-refractivity contribution in [3.63, 3.8) is 0 Å². The molecule has 0 aromatic heterocycles. The van der Waals surface area contributed by atoms with Gasteiger partial charge in [-0.15, -0.1) is 0 Å². The third kappa shape index (κ3) is 124. The van der Waals surface area contributed by atoms with Gasteiger partial charge < -0.3 is 34.6 Å². The number of Topliss-reactive ketones (excluding diaryl/α,β-unsaturated/α-hetero) is 2. The predicted octanol–water partition coefficient (Wildman–Crippen LogP) is 38.7. The highest BCUT2D eigenvalue weighted by atomic mass is 32.2. The summed E-state index contributed by atoms with van der Waals surface area (Å²) in [4.78, 5) is 24.9. The van der Waals surface area contributed by atoms with Crippen LogP contribution in [0.2, 0.25) is 0 Å². The van der Waals surface area contributed by atoms with Crippen LogP contribution in [0, 0.1) is 5.92 Å². The van der Waals surface area contributed by atoms with Crippen LogP contribution in [0.1, 0.15) is 640 Å². The second-order valence-electron chi connectivity index (χ2n) is 40.1. The predicted molar refractivity (Wildman–Crippen MR) is 589 cm³/mol. The molecule has 4 unspecified atom stereocenters. The Balaban J connectivity index is -0.000000826. The second kappa shape index (κ2) is 129. The van der Waals surface area contributed by atoms with Crippen molar-refractivity contribution in [1.82, 2.24) is 0 Å². The van der Waals surface area contributed by atoms with Gasteiger partial charge in [-0.2, -0.15) is 35.3 Å². The molecule has 4 N–H and O–H groups in total. The van der Waals surface area contributed by atoms with E-state index in [0.717, 1.165) is 88.4 Å². The Kier molecular flexibility index (Phi) is 135. The van der Waals surface area contributed by atoms with Crippen molar-refractivity contribution in [1.29, 1.82) is 0 Å². The number of carbonyl (C=O) groups is 2. The molecule has 4 atom stereocenters. The van der Waals surface area contributed by atoms with Crippen LogP contribution in [0.15, 0.2) is 0 Å². The highest BCUT2D eigenvalue weighted by Gasteiger charge is 2.21. The summed E-state index contributed by atoms with van der Waals surface area (Å²) in [6, 6.07) is 0. The average Bonchev–Trinajstić information content (AvgIpc) is 0.928. The van der Waals surface area contributed by atoms with Crippen molar-refractivity contribution >= 4 is 46.9 Å². The fourth-order valence-electron chi connectivity index (χ4n) is 17.7. The molecule has 0 aliphatic carbocycles. The molecule has 0 bridgehead atoms. The molecule has 0 radical (unpaired) electrons. The fourth-order valence-corrected chi connectivity index (χ4v) is 21.0. The lowest BCUT2D eigenvalue weighted by Crippen LogP contribution is -2.22. The van der Waals surface area contributed by atoms with Gasteiger partial charge in [0.05, 0.1) is 24.9 Å². The number of thioether (sulfide) groups is 3. The number of hydrogen-bond acceptors (Lipinski definition) is 12. The van der Waals surface area contributed by atoms with E-state index in [1.54, 1.807) is 0 Å². The largest absolute Gasteiger partial charge is 0.396 e. The van der Waals surface area contributed by atoms with Gasteiger partial charge in [0.25, 0.3) is 0 Å². The van der Waals surface area contributed by atoms with Gasteiger partial charge in [0.2, 0.25) is 0 Å². The van der Waals surface area contributed by atoms with Gasteiger partial charge in [0, 0.05) is 82.1 Å². The molecule has 784 valence electrons. The summed E-state index contributed by atoms with van der Waals surface area (Å²) in [5, 5.41) is 37.4. The first kappa shape index (κ1) is 136. The summed E-state index contributed by atoms with van der Waals surface area (Å²) in [7, 11) is 0. The number of carbonyl (C=O) groups excluding carboxylic acids is 2. The molecule has 0 rings (SSSR count). The number of unbranched alkanes of at least 4 members (excludes halogenated alkanes) is 76. The minimum atomic E-state index is -0.472. The highest BCUT2D eigenvalue weighted by Crippen LogP contribution is 2.24. The monoisotopic (exact) mass is 1900 g/mol. The zero-order valence-electron chi connectivity index (χ0n) is 89.9. The molecular weight excluding hydrogens is 1660 g/mol. The minimum absolute atomic E-state index is 0.0945. The Morgan fingerprint density at radius 2 is 0.392 bits per heavy atom. The van der Waals surface area contributed by atoms with Crippen LogP contribution >= 0.6 is 35.3 Å². The number of rotatable bonds is 112. The average molecular weight is 1900 g/mol. The van der Waals surface area contributed by atoms with Crippen molar-refractivity contribution in [3.05, 3.63) is 0 Å². The molecular formula is C118H240O9S3. The van der Waals surface area contributed by atoms with E-state index < -0.39 is 5.92 Å². The van der Waals surface area contributed by atoms with Crippen LogP contribution in [0.25, 0.3) is 0 Å². The first-order valence-corrected chi connectivity index (χ1v) is 62.7. The first-order chi connectivity index (χ1) is 64.2. The Bertz CT molecular complexity index is 1950. The number of ketones is 2. The SMILES string of the molecule is CCCCCCCCCCCCCCCCCC(=O)CC(CO)C(=O)CCCCCCCCCCCCCCCCC.CCCCCCCCCCCCSCC(CCCO)OCCCCCCCCCC.CCCCCCCCCCCCSCC(CCO)OCCCCCCCCCC.CCCCCCCCCCCOC(CCO)CSCCCCCCCCCCC. The van der Waals surface area contributed by atoms with Gasteiger partial charge in [0.1, 0.15) is 11.6 Å². The molecule has 0 heterocycles. The molecule has 12 heteroatoms. The van der Waals surface area contributed by atoms with Crippen LogP contribution in [0.3, 0.4) is 0 Å². The summed E-state index contributed by atoms with van der Waals surface area (Å²) < 4.78 is 18.3. The molecule has 130 heavy (non-hydrogen) atoms. The number of aliphatic hydroxyl groups excluding tert-OH is 4. The maximum atomic E-state index is 12.5. The lowest BCUT2D eigenvalue weighted by atomic mass is 9.92. The van der Waals surface area contributed by atoms with Crippen LogP contribution in [0.4, 0.5) is 0 Å². The number of hydrogen-bond donors (Lipinski definition) is 4. The van der Waals surface area contributed by atoms with E-state index in [9.17, 15) is 24.9 Å². The van der Waals surface area contributed by atoms with Crippen molar-refractivity contribution in [2.45, 2.75) is 658 Å². The highest BCUT2D eigenvalue weighted by molar-refractivity contribution is 7.99. The third-order valence-corrected chi connectivity index (χ3v) is 30.3. The van der Waals surface area contributed by atoms with Crippen molar-refractivity contribution in [2.24, 2.45) is 5.92 Å². The van der Waals surface area contributed by atoms with E-state index in [4.69, 9.17) is 19.3 Å². The van der Waals surface area contributed by atoms with Crippen LogP contribution in [-0.2, 0) is 23.8 Å². The molecule has 0 amide bonds. The smallest absolute Gasteiger partial charge is 0.138 e. The van der Waals surface area contributed by atoms with E-state index >= 15 is 0 Å². The zero-order chi connectivity index (χ0) is 95.2. The standard InChI is InChI=1S/C39H76O3.C27H56O2S.2C26H54O2S/c1-3-5-7-9-11-13-15-17-19-21-23-25-27-29-31-33-38(41)35-37(36-40)39(42)34-32-30-28-26-24-22-20-18-16-14-12-10-8-6-4-2;1-3-5-7-9-11-13-14-16-18-20-25-30-26-27(22-21-23-28)29-24-19-17-15-12-10-8-6-4-2;1-3-5-7-9-11-13-14-16-18-20-24-29-25-26(21-22-27)28-23-19-17-15-12-10-8-6-4-2;1-3-5-7-9-11-13-15-17-19-23-28-26(21-22-27)25-29-24-20-18-16-14-12-10-8-6-4-2/h37,40H,3-36H2,1-2H3;27-28H,3-26H2,1-2H3;2*26-27H,3-25H2,1-2H3. The van der Waals surface area contributed by atoms with Gasteiger partial charge in [-0.3, -0.25) is 9.59 Å². The molecule has 0 saturated carbocycles. The molecule has 0 saturated heterocycles.